The van der Waals surface area contributed by atoms with E-state index in [0.717, 1.165) is 0 Å². The SMILES string of the molecule is N#Cc1ccccc1/C=N/Nc1ncccc1-c1nc(N)c2ncn([C@@H]3O[C@H](CO)[C@@H](O)[C@H]3O)c2n1. The third-order valence-corrected chi connectivity index (χ3v) is 5.74. The lowest BCUT2D eigenvalue weighted by molar-refractivity contribution is -0.0511. The summed E-state index contributed by atoms with van der Waals surface area (Å²) in [6, 6.07) is 12.6. The quantitative estimate of drug-likeness (QED) is 0.186. The van der Waals surface area contributed by atoms with Gasteiger partial charge in [-0.2, -0.15) is 10.4 Å². The Morgan fingerprint density at radius 1 is 1.17 bits per heavy atom. The second kappa shape index (κ2) is 9.64. The molecule has 13 heteroatoms. The first-order valence-corrected chi connectivity index (χ1v) is 10.9. The summed E-state index contributed by atoms with van der Waals surface area (Å²) in [7, 11) is 0. The van der Waals surface area contributed by atoms with Crippen LogP contribution in [-0.2, 0) is 4.74 Å². The average molecular weight is 487 g/mol. The molecule has 0 aliphatic carbocycles. The zero-order valence-electron chi connectivity index (χ0n) is 18.7. The molecular weight excluding hydrogens is 466 g/mol. The highest BCUT2D eigenvalue weighted by Gasteiger charge is 2.44. The zero-order chi connectivity index (χ0) is 25.2. The molecule has 0 bridgehead atoms. The van der Waals surface area contributed by atoms with Gasteiger partial charge in [0.2, 0.25) is 0 Å². The van der Waals surface area contributed by atoms with Crippen LogP contribution >= 0.6 is 0 Å². The maximum Gasteiger partial charge on any atom is 0.168 e. The van der Waals surface area contributed by atoms with Crippen LogP contribution in [0.3, 0.4) is 0 Å². The molecule has 0 radical (unpaired) electrons. The van der Waals surface area contributed by atoms with E-state index in [4.69, 9.17) is 10.5 Å². The molecule has 4 heterocycles. The Balaban J connectivity index is 1.50. The first-order chi connectivity index (χ1) is 17.5. The van der Waals surface area contributed by atoms with E-state index < -0.39 is 31.1 Å². The van der Waals surface area contributed by atoms with Gasteiger partial charge in [0.15, 0.2) is 29.3 Å². The van der Waals surface area contributed by atoms with E-state index in [2.05, 4.69) is 36.5 Å². The molecule has 182 valence electrons. The molecule has 5 rings (SSSR count). The lowest BCUT2D eigenvalue weighted by Crippen LogP contribution is -2.33. The van der Waals surface area contributed by atoms with Crippen molar-refractivity contribution in [2.24, 2.45) is 5.10 Å². The van der Waals surface area contributed by atoms with Crippen molar-refractivity contribution in [3.05, 3.63) is 60.0 Å². The van der Waals surface area contributed by atoms with Crippen LogP contribution < -0.4 is 11.2 Å². The van der Waals surface area contributed by atoms with Crippen LogP contribution in [0.5, 0.6) is 0 Å². The minimum atomic E-state index is -1.32. The third-order valence-electron chi connectivity index (χ3n) is 5.74. The Bertz CT molecular complexity index is 1480. The van der Waals surface area contributed by atoms with Gasteiger partial charge in [-0.25, -0.2) is 19.9 Å². The lowest BCUT2D eigenvalue weighted by Gasteiger charge is -2.17. The van der Waals surface area contributed by atoms with Crippen LogP contribution in [-0.4, -0.2) is 71.0 Å². The van der Waals surface area contributed by atoms with Crippen molar-refractivity contribution in [2.75, 3.05) is 17.8 Å². The van der Waals surface area contributed by atoms with E-state index in [1.165, 1.54) is 17.1 Å². The summed E-state index contributed by atoms with van der Waals surface area (Å²) in [6.45, 7) is -0.464. The lowest BCUT2D eigenvalue weighted by atomic mass is 10.1. The van der Waals surface area contributed by atoms with Crippen molar-refractivity contribution >= 4 is 29.0 Å². The molecule has 1 fully saturated rings. The van der Waals surface area contributed by atoms with Gasteiger partial charge in [-0.15, -0.1) is 0 Å². The van der Waals surface area contributed by atoms with Gasteiger partial charge in [-0.05, 0) is 18.2 Å². The highest BCUT2D eigenvalue weighted by Crippen LogP contribution is 2.33. The predicted molar refractivity (Wildman–Crippen MR) is 128 cm³/mol. The van der Waals surface area contributed by atoms with Gasteiger partial charge in [0.05, 0.1) is 36.3 Å². The monoisotopic (exact) mass is 487 g/mol. The summed E-state index contributed by atoms with van der Waals surface area (Å²) in [5.74, 6) is 0.624. The summed E-state index contributed by atoms with van der Waals surface area (Å²) in [5.41, 5.74) is 11.1. The maximum absolute atomic E-state index is 10.5. The number of anilines is 2. The number of hydrazone groups is 1. The van der Waals surface area contributed by atoms with Crippen molar-refractivity contribution in [1.82, 2.24) is 24.5 Å². The van der Waals surface area contributed by atoms with Gasteiger partial charge in [-0.1, -0.05) is 18.2 Å². The highest BCUT2D eigenvalue weighted by atomic mass is 16.6. The second-order valence-corrected chi connectivity index (χ2v) is 7.95. The number of aliphatic hydroxyl groups excluding tert-OH is 3. The van der Waals surface area contributed by atoms with Gasteiger partial charge < -0.3 is 25.8 Å². The molecule has 6 N–H and O–H groups in total. The van der Waals surface area contributed by atoms with Gasteiger partial charge >= 0.3 is 0 Å². The number of imidazole rings is 1. The Labute approximate surface area is 204 Å². The molecule has 0 saturated carbocycles. The minimum absolute atomic E-state index is 0.0849. The zero-order valence-corrected chi connectivity index (χ0v) is 18.7. The number of pyridine rings is 1. The van der Waals surface area contributed by atoms with Crippen molar-refractivity contribution in [3.63, 3.8) is 0 Å². The van der Waals surface area contributed by atoms with E-state index in [9.17, 15) is 20.6 Å². The Hall–Kier alpha value is -4.48. The normalized spacial score (nSPS) is 21.7. The maximum atomic E-state index is 10.5. The highest BCUT2D eigenvalue weighted by molar-refractivity contribution is 5.86. The molecule has 0 amide bonds. The van der Waals surface area contributed by atoms with Gasteiger partial charge in [0.1, 0.15) is 23.8 Å². The predicted octanol–water partition coefficient (Wildman–Crippen LogP) is 0.400. The number of benzene rings is 1. The largest absolute Gasteiger partial charge is 0.394 e. The van der Waals surface area contributed by atoms with E-state index in [1.54, 1.807) is 42.6 Å². The van der Waals surface area contributed by atoms with E-state index >= 15 is 0 Å². The molecule has 1 aliphatic heterocycles. The number of aliphatic hydroxyl groups is 3. The Morgan fingerprint density at radius 2 is 2.00 bits per heavy atom. The Morgan fingerprint density at radius 3 is 2.78 bits per heavy atom. The summed E-state index contributed by atoms with van der Waals surface area (Å²) in [6.07, 6.45) is -0.157. The van der Waals surface area contributed by atoms with Crippen molar-refractivity contribution in [2.45, 2.75) is 24.5 Å². The van der Waals surface area contributed by atoms with E-state index in [0.29, 0.717) is 22.5 Å². The molecule has 1 aliphatic rings. The van der Waals surface area contributed by atoms with Crippen LogP contribution in [0.1, 0.15) is 17.4 Å². The summed E-state index contributed by atoms with van der Waals surface area (Å²) in [4.78, 5) is 17.5. The summed E-state index contributed by atoms with van der Waals surface area (Å²) < 4.78 is 7.05. The van der Waals surface area contributed by atoms with Crippen LogP contribution in [0.15, 0.2) is 54.0 Å². The molecule has 3 aromatic heterocycles. The fraction of sp³-hybridized carbons (Fsp3) is 0.217. The number of nitriles is 1. The second-order valence-electron chi connectivity index (χ2n) is 7.95. The fourth-order valence-electron chi connectivity index (χ4n) is 3.90. The van der Waals surface area contributed by atoms with Crippen LogP contribution in [0.2, 0.25) is 0 Å². The number of nitrogen functional groups attached to an aromatic ring is 1. The summed E-state index contributed by atoms with van der Waals surface area (Å²) in [5, 5.41) is 43.5. The number of nitrogens with one attached hydrogen (secondary N) is 1. The third kappa shape index (κ3) is 4.10. The summed E-state index contributed by atoms with van der Waals surface area (Å²) >= 11 is 0. The standard InChI is InChI=1S/C23H21N9O4/c24-8-12-4-1-2-5-13(12)9-28-31-20-14(6-3-7-26-20)21-29-19(25)16-22(30-21)32(11-27-16)23-18(35)17(34)15(10-33)36-23/h1-7,9,11,15,17-18,23,33-35H,10H2,(H,26,31)(H2,25,29,30)/b28-9+/t15-,17-,18-,23-/m1/s1. The number of nitrogens with zero attached hydrogens (tertiary/aromatic N) is 7. The molecule has 36 heavy (non-hydrogen) atoms. The van der Waals surface area contributed by atoms with Gasteiger partial charge in [0, 0.05) is 11.8 Å². The Kier molecular flexibility index (Phi) is 6.23. The smallest absolute Gasteiger partial charge is 0.168 e. The number of hydrogen-bond acceptors (Lipinski definition) is 12. The van der Waals surface area contributed by atoms with Crippen LogP contribution in [0.25, 0.3) is 22.6 Å². The first kappa shape index (κ1) is 23.3. The fourth-order valence-corrected chi connectivity index (χ4v) is 3.90. The number of ether oxygens (including phenoxy) is 1. The molecule has 1 saturated heterocycles. The van der Waals surface area contributed by atoms with Gasteiger partial charge in [0.25, 0.3) is 0 Å². The number of nitrogens with two attached hydrogens (primary N) is 1. The van der Waals surface area contributed by atoms with Crippen molar-refractivity contribution < 1.29 is 20.1 Å². The van der Waals surface area contributed by atoms with Gasteiger partial charge in [-0.3, -0.25) is 9.99 Å². The van der Waals surface area contributed by atoms with Crippen molar-refractivity contribution in [1.29, 1.82) is 5.26 Å². The number of aromatic nitrogens is 5. The first-order valence-electron chi connectivity index (χ1n) is 10.9. The topological polar surface area (TPSA) is 201 Å². The van der Waals surface area contributed by atoms with Crippen molar-refractivity contribution in [3.8, 4) is 17.5 Å². The molecule has 13 nitrogen and oxygen atoms in total. The molecular formula is C23H21N9O4. The molecule has 1 aromatic carbocycles. The van der Waals surface area contributed by atoms with E-state index in [1.807, 2.05) is 0 Å². The molecule has 0 unspecified atom stereocenters. The molecule has 4 atom stereocenters. The number of hydrogen-bond donors (Lipinski definition) is 5. The van der Waals surface area contributed by atoms with E-state index in [-0.39, 0.29) is 22.8 Å². The number of fused-ring (bicyclic) bond motifs is 1. The minimum Gasteiger partial charge on any atom is -0.394 e. The molecule has 0 spiro atoms. The molecule has 4 aromatic rings. The van der Waals surface area contributed by atoms with Crippen LogP contribution in [0.4, 0.5) is 11.6 Å². The average Bonchev–Trinajstić information content (AvgIpc) is 3.45. The van der Waals surface area contributed by atoms with Crippen LogP contribution in [0, 0.1) is 11.3 Å². The number of rotatable bonds is 6.